The molecule has 0 amide bonds. The van der Waals surface area contributed by atoms with Crippen LogP contribution in [0.5, 0.6) is 0 Å². The van der Waals surface area contributed by atoms with E-state index in [9.17, 15) is 4.39 Å². The second kappa shape index (κ2) is 8.83. The first-order valence-electron chi connectivity index (χ1n) is 6.82. The maximum atomic E-state index is 13.9. The average Bonchev–Trinajstić information content (AvgIpc) is 2.37. The van der Waals surface area contributed by atoms with E-state index >= 15 is 0 Å². The molecule has 0 aliphatic rings. The van der Waals surface area contributed by atoms with Gasteiger partial charge in [-0.3, -0.25) is 0 Å². The van der Waals surface area contributed by atoms with Crippen molar-refractivity contribution in [2.24, 2.45) is 0 Å². The summed E-state index contributed by atoms with van der Waals surface area (Å²) in [4.78, 5) is 0. The van der Waals surface area contributed by atoms with Crippen molar-refractivity contribution in [3.05, 3.63) is 34.6 Å². The molecule has 4 heteroatoms. The number of hydrogen-bond acceptors (Lipinski definition) is 2. The zero-order valence-corrected chi connectivity index (χ0v) is 13.5. The Bertz CT molecular complexity index is 384. The predicted octanol–water partition coefficient (Wildman–Crippen LogP) is 4.53. The van der Waals surface area contributed by atoms with Crippen LogP contribution in [0.1, 0.15) is 32.8 Å². The van der Waals surface area contributed by atoms with E-state index in [0.29, 0.717) is 23.3 Å². The molecule has 1 unspecified atom stereocenters. The number of halogens is 2. The van der Waals surface area contributed by atoms with Crippen molar-refractivity contribution in [2.75, 3.05) is 12.3 Å². The van der Waals surface area contributed by atoms with Gasteiger partial charge in [-0.1, -0.05) is 44.5 Å². The molecule has 0 heterocycles. The molecule has 108 valence electrons. The van der Waals surface area contributed by atoms with Gasteiger partial charge in [0.1, 0.15) is 5.82 Å². The van der Waals surface area contributed by atoms with Gasteiger partial charge in [0.05, 0.1) is 5.02 Å². The molecule has 1 rings (SSSR count). The first-order valence-corrected chi connectivity index (χ1v) is 8.25. The van der Waals surface area contributed by atoms with Crippen LogP contribution in [0.4, 0.5) is 4.39 Å². The molecular weight excluding hydrogens is 281 g/mol. The van der Waals surface area contributed by atoms with E-state index < -0.39 is 0 Å². The van der Waals surface area contributed by atoms with E-state index in [4.69, 9.17) is 11.6 Å². The summed E-state index contributed by atoms with van der Waals surface area (Å²) >= 11 is 7.73. The van der Waals surface area contributed by atoms with Crippen molar-refractivity contribution >= 4 is 23.4 Å². The zero-order chi connectivity index (χ0) is 14.3. The fraction of sp³-hybridized carbons (Fsp3) is 0.600. The Morgan fingerprint density at radius 2 is 2.11 bits per heavy atom. The molecule has 1 N–H and O–H groups in total. The van der Waals surface area contributed by atoms with Crippen LogP contribution in [0.3, 0.4) is 0 Å². The van der Waals surface area contributed by atoms with E-state index in [1.165, 1.54) is 0 Å². The Labute approximate surface area is 125 Å². The molecule has 0 saturated carbocycles. The van der Waals surface area contributed by atoms with Crippen molar-refractivity contribution in [2.45, 2.75) is 44.9 Å². The van der Waals surface area contributed by atoms with Gasteiger partial charge in [-0.15, -0.1) is 0 Å². The van der Waals surface area contributed by atoms with E-state index in [1.807, 2.05) is 23.9 Å². The number of benzene rings is 1. The summed E-state index contributed by atoms with van der Waals surface area (Å²) in [5.41, 5.74) is 0.699. The minimum absolute atomic E-state index is 0.211. The molecule has 0 bridgehead atoms. The number of hydrogen-bond donors (Lipinski definition) is 1. The fourth-order valence-electron chi connectivity index (χ4n) is 1.82. The topological polar surface area (TPSA) is 12.0 Å². The zero-order valence-electron chi connectivity index (χ0n) is 11.9. The third-order valence-electron chi connectivity index (χ3n) is 2.81. The second-order valence-corrected chi connectivity index (χ2v) is 6.97. The van der Waals surface area contributed by atoms with Crippen molar-refractivity contribution in [1.29, 1.82) is 0 Å². The van der Waals surface area contributed by atoms with Gasteiger partial charge in [0.25, 0.3) is 0 Å². The third kappa shape index (κ3) is 6.15. The monoisotopic (exact) mass is 303 g/mol. The van der Waals surface area contributed by atoms with Crippen LogP contribution in [0, 0.1) is 5.82 Å². The highest BCUT2D eigenvalue weighted by molar-refractivity contribution is 7.99. The van der Waals surface area contributed by atoms with Gasteiger partial charge in [-0.05, 0) is 36.3 Å². The van der Waals surface area contributed by atoms with Gasteiger partial charge in [0, 0.05) is 11.8 Å². The lowest BCUT2D eigenvalue weighted by molar-refractivity contribution is 0.530. The summed E-state index contributed by atoms with van der Waals surface area (Å²) in [7, 11) is 0. The molecule has 1 aromatic rings. The van der Waals surface area contributed by atoms with E-state index in [1.54, 1.807) is 6.07 Å². The largest absolute Gasteiger partial charge is 0.313 e. The summed E-state index contributed by atoms with van der Waals surface area (Å²) in [6.07, 6.45) is 1.77. The van der Waals surface area contributed by atoms with Crippen molar-refractivity contribution in [3.63, 3.8) is 0 Å². The molecule has 0 aromatic heterocycles. The Hall–Kier alpha value is -0.250. The minimum Gasteiger partial charge on any atom is -0.313 e. The normalized spacial score (nSPS) is 12.9. The third-order valence-corrected chi connectivity index (χ3v) is 4.37. The molecule has 0 saturated heterocycles. The highest BCUT2D eigenvalue weighted by Crippen LogP contribution is 2.20. The number of nitrogens with one attached hydrogen (secondary N) is 1. The first-order chi connectivity index (χ1) is 9.04. The lowest BCUT2D eigenvalue weighted by atomic mass is 10.1. The van der Waals surface area contributed by atoms with Crippen molar-refractivity contribution in [3.8, 4) is 0 Å². The number of thioether (sulfide) groups is 1. The Balaban J connectivity index is 2.66. The van der Waals surface area contributed by atoms with Gasteiger partial charge >= 0.3 is 0 Å². The smallest absolute Gasteiger partial charge is 0.145 e. The SMILES string of the molecule is CCCNC(CSC(C)C)Cc1cccc(Cl)c1F. The second-order valence-electron chi connectivity index (χ2n) is 4.95. The van der Waals surface area contributed by atoms with Gasteiger partial charge in [-0.2, -0.15) is 11.8 Å². The lowest BCUT2D eigenvalue weighted by Crippen LogP contribution is -2.34. The Morgan fingerprint density at radius 1 is 1.37 bits per heavy atom. The van der Waals surface area contributed by atoms with Crippen molar-refractivity contribution < 1.29 is 4.39 Å². The summed E-state index contributed by atoms with van der Waals surface area (Å²) in [5.74, 6) is 0.714. The summed E-state index contributed by atoms with van der Waals surface area (Å²) in [6, 6.07) is 5.52. The molecular formula is C15H23ClFNS. The predicted molar refractivity (Wildman–Crippen MR) is 84.8 cm³/mol. The molecule has 0 spiro atoms. The molecule has 1 atom stereocenters. The van der Waals surface area contributed by atoms with Crippen LogP contribution in [-0.4, -0.2) is 23.6 Å². The fourth-order valence-corrected chi connectivity index (χ4v) is 2.87. The average molecular weight is 304 g/mol. The minimum atomic E-state index is -0.276. The highest BCUT2D eigenvalue weighted by atomic mass is 35.5. The number of rotatable bonds is 8. The lowest BCUT2D eigenvalue weighted by Gasteiger charge is -2.20. The van der Waals surface area contributed by atoms with Crippen LogP contribution >= 0.6 is 23.4 Å². The molecule has 19 heavy (non-hydrogen) atoms. The maximum Gasteiger partial charge on any atom is 0.145 e. The quantitative estimate of drug-likeness (QED) is 0.757. The van der Waals surface area contributed by atoms with Crippen LogP contribution < -0.4 is 5.32 Å². The van der Waals surface area contributed by atoms with Crippen LogP contribution in [0.15, 0.2) is 18.2 Å². The standard InChI is InChI=1S/C15H23ClFNS/c1-4-8-18-13(10-19-11(2)3)9-12-6-5-7-14(16)15(12)17/h5-7,11,13,18H,4,8-10H2,1-3H3. The molecule has 0 aliphatic heterocycles. The maximum absolute atomic E-state index is 13.9. The first kappa shape index (κ1) is 16.8. The van der Waals surface area contributed by atoms with Crippen LogP contribution in [-0.2, 0) is 6.42 Å². The highest BCUT2D eigenvalue weighted by Gasteiger charge is 2.14. The van der Waals surface area contributed by atoms with E-state index in [2.05, 4.69) is 26.1 Å². The molecule has 0 radical (unpaired) electrons. The summed E-state index contributed by atoms with van der Waals surface area (Å²) in [5, 5.41) is 4.29. The molecule has 0 aliphatic carbocycles. The van der Waals surface area contributed by atoms with Gasteiger partial charge < -0.3 is 5.32 Å². The van der Waals surface area contributed by atoms with Gasteiger partial charge in [0.2, 0.25) is 0 Å². The van der Waals surface area contributed by atoms with E-state index in [-0.39, 0.29) is 10.8 Å². The van der Waals surface area contributed by atoms with Gasteiger partial charge in [-0.25, -0.2) is 4.39 Å². The molecule has 1 nitrogen and oxygen atoms in total. The van der Waals surface area contributed by atoms with Crippen LogP contribution in [0.2, 0.25) is 5.02 Å². The Morgan fingerprint density at radius 3 is 2.74 bits per heavy atom. The van der Waals surface area contributed by atoms with Crippen LogP contribution in [0.25, 0.3) is 0 Å². The van der Waals surface area contributed by atoms with Gasteiger partial charge in [0.15, 0.2) is 0 Å². The van der Waals surface area contributed by atoms with E-state index in [0.717, 1.165) is 18.7 Å². The molecule has 0 fully saturated rings. The summed E-state index contributed by atoms with van der Waals surface area (Å²) < 4.78 is 13.9. The Kier molecular flexibility index (Phi) is 7.81. The molecule has 1 aromatic carbocycles. The van der Waals surface area contributed by atoms with Crippen molar-refractivity contribution in [1.82, 2.24) is 5.32 Å². The summed E-state index contributed by atoms with van der Waals surface area (Å²) in [6.45, 7) is 7.47.